The molecule has 0 bridgehead atoms. The summed E-state index contributed by atoms with van der Waals surface area (Å²) < 4.78 is 0. The number of carbonyl (C=O) groups excluding carboxylic acids is 1. The molecule has 1 heteroatoms. The Labute approximate surface area is 118 Å². The number of allylic oxidation sites excluding steroid dienone is 1. The van der Waals surface area contributed by atoms with Crippen LogP contribution < -0.4 is 0 Å². The Morgan fingerprint density at radius 2 is 2.00 bits per heavy atom. The van der Waals surface area contributed by atoms with Crippen LogP contribution >= 0.6 is 0 Å². The Balaban J connectivity index is 2.24. The Hall–Kier alpha value is -0.590. The maximum atomic E-state index is 11.4. The molecule has 2 saturated carbocycles. The zero-order valence-electron chi connectivity index (χ0n) is 13.2. The highest BCUT2D eigenvalue weighted by atomic mass is 16.1. The average Bonchev–Trinajstić information content (AvgIpc) is 2.26. The predicted molar refractivity (Wildman–Crippen MR) is 81.0 cm³/mol. The van der Waals surface area contributed by atoms with Crippen molar-refractivity contribution in [3.05, 3.63) is 12.2 Å². The molecule has 0 amide bonds. The second-order valence-corrected chi connectivity index (χ2v) is 7.89. The predicted octanol–water partition coefficient (Wildman–Crippen LogP) is 5.15. The molecule has 0 aromatic heterocycles. The van der Waals surface area contributed by atoms with Crippen LogP contribution in [0.2, 0.25) is 0 Å². The van der Waals surface area contributed by atoms with Crippen LogP contribution in [-0.2, 0) is 4.79 Å². The lowest BCUT2D eigenvalue weighted by Crippen LogP contribution is -2.49. The second-order valence-electron chi connectivity index (χ2n) is 7.89. The molecule has 0 N–H and O–H groups in total. The number of hydrogen-bond donors (Lipinski definition) is 0. The summed E-state index contributed by atoms with van der Waals surface area (Å²) in [5, 5.41) is 0. The molecule has 1 nitrogen and oxygen atoms in total. The van der Waals surface area contributed by atoms with Gasteiger partial charge in [-0.15, -0.1) is 0 Å². The molecule has 0 aromatic carbocycles. The summed E-state index contributed by atoms with van der Waals surface area (Å²) in [6.07, 6.45) is 8.25. The van der Waals surface area contributed by atoms with Crippen molar-refractivity contribution in [3.8, 4) is 0 Å². The van der Waals surface area contributed by atoms with E-state index < -0.39 is 0 Å². The summed E-state index contributed by atoms with van der Waals surface area (Å²) in [6.45, 7) is 13.4. The van der Waals surface area contributed by atoms with Gasteiger partial charge < -0.3 is 4.79 Å². The quantitative estimate of drug-likeness (QED) is 0.642. The number of Topliss-reactive ketones (excluding diaryl/α,β-unsaturated/α-hetero) is 1. The van der Waals surface area contributed by atoms with Crippen molar-refractivity contribution in [2.45, 2.75) is 72.6 Å². The molecular formula is C18H30O. The number of rotatable bonds is 3. The molecule has 0 radical (unpaired) electrons. The second kappa shape index (κ2) is 5.07. The zero-order valence-corrected chi connectivity index (χ0v) is 13.2. The van der Waals surface area contributed by atoms with Crippen molar-refractivity contribution in [1.29, 1.82) is 0 Å². The van der Waals surface area contributed by atoms with E-state index in [1.165, 1.54) is 37.7 Å². The Morgan fingerprint density at radius 1 is 1.32 bits per heavy atom. The van der Waals surface area contributed by atoms with Crippen LogP contribution in [-0.4, -0.2) is 5.78 Å². The van der Waals surface area contributed by atoms with Gasteiger partial charge in [0.1, 0.15) is 5.78 Å². The molecule has 0 aromatic rings. The Bertz CT molecular complexity index is 379. The van der Waals surface area contributed by atoms with E-state index in [0.717, 1.165) is 18.8 Å². The van der Waals surface area contributed by atoms with E-state index >= 15 is 0 Å². The van der Waals surface area contributed by atoms with E-state index in [1.54, 1.807) is 6.92 Å². The third-order valence-electron chi connectivity index (χ3n) is 6.10. The SMILES string of the molecule is C=C1CC[C@H]2C(C)(C)CCC[C@]2(C)[C@H]1CCC(C)=O. The van der Waals surface area contributed by atoms with Crippen LogP contribution in [0.25, 0.3) is 0 Å². The molecular weight excluding hydrogens is 232 g/mol. The largest absolute Gasteiger partial charge is 0.300 e. The van der Waals surface area contributed by atoms with Gasteiger partial charge in [0.15, 0.2) is 0 Å². The molecule has 2 rings (SSSR count). The van der Waals surface area contributed by atoms with Gasteiger partial charge in [-0.05, 0) is 61.7 Å². The molecule has 0 saturated heterocycles. The van der Waals surface area contributed by atoms with Gasteiger partial charge in [0.05, 0.1) is 0 Å². The Kier molecular flexibility index (Phi) is 3.95. The molecule has 108 valence electrons. The summed E-state index contributed by atoms with van der Waals surface area (Å²) >= 11 is 0. The summed E-state index contributed by atoms with van der Waals surface area (Å²) in [6, 6.07) is 0. The van der Waals surface area contributed by atoms with Crippen molar-refractivity contribution >= 4 is 5.78 Å². The first-order valence-corrected chi connectivity index (χ1v) is 7.94. The normalized spacial score (nSPS) is 37.8. The number of fused-ring (bicyclic) bond motifs is 1. The highest BCUT2D eigenvalue weighted by Crippen LogP contribution is 2.61. The molecule has 0 unspecified atom stereocenters. The average molecular weight is 262 g/mol. The van der Waals surface area contributed by atoms with Gasteiger partial charge in [0.25, 0.3) is 0 Å². The van der Waals surface area contributed by atoms with E-state index in [4.69, 9.17) is 0 Å². The van der Waals surface area contributed by atoms with Crippen LogP contribution in [0.3, 0.4) is 0 Å². The fourth-order valence-electron chi connectivity index (χ4n) is 5.16. The van der Waals surface area contributed by atoms with Crippen molar-refractivity contribution in [1.82, 2.24) is 0 Å². The molecule has 2 aliphatic rings. The molecule has 0 aliphatic heterocycles. The molecule has 2 aliphatic carbocycles. The fraction of sp³-hybridized carbons (Fsp3) is 0.833. The molecule has 0 heterocycles. The lowest BCUT2D eigenvalue weighted by Gasteiger charge is -2.58. The van der Waals surface area contributed by atoms with Crippen LogP contribution in [0.4, 0.5) is 0 Å². The summed E-state index contributed by atoms with van der Waals surface area (Å²) in [4.78, 5) is 11.4. The lowest BCUT2D eigenvalue weighted by molar-refractivity contribution is -0.118. The van der Waals surface area contributed by atoms with Crippen molar-refractivity contribution in [3.63, 3.8) is 0 Å². The smallest absolute Gasteiger partial charge is 0.129 e. The molecule has 19 heavy (non-hydrogen) atoms. The maximum absolute atomic E-state index is 11.4. The van der Waals surface area contributed by atoms with Crippen molar-refractivity contribution < 1.29 is 4.79 Å². The third-order valence-corrected chi connectivity index (χ3v) is 6.10. The number of carbonyl (C=O) groups is 1. The topological polar surface area (TPSA) is 17.1 Å². The molecule has 0 spiro atoms. The fourth-order valence-corrected chi connectivity index (χ4v) is 5.16. The number of ketones is 1. The van der Waals surface area contributed by atoms with E-state index in [-0.39, 0.29) is 0 Å². The highest BCUT2D eigenvalue weighted by molar-refractivity contribution is 5.75. The first-order chi connectivity index (χ1) is 8.77. The van der Waals surface area contributed by atoms with E-state index in [9.17, 15) is 4.79 Å². The van der Waals surface area contributed by atoms with Gasteiger partial charge in [-0.2, -0.15) is 0 Å². The Morgan fingerprint density at radius 3 is 2.63 bits per heavy atom. The van der Waals surface area contributed by atoms with Crippen LogP contribution in [0, 0.1) is 22.7 Å². The van der Waals surface area contributed by atoms with Gasteiger partial charge in [0, 0.05) is 6.42 Å². The van der Waals surface area contributed by atoms with Crippen molar-refractivity contribution in [2.75, 3.05) is 0 Å². The summed E-state index contributed by atoms with van der Waals surface area (Å²) in [5.41, 5.74) is 2.26. The van der Waals surface area contributed by atoms with Gasteiger partial charge in [0.2, 0.25) is 0 Å². The summed E-state index contributed by atoms with van der Waals surface area (Å²) in [5.74, 6) is 1.69. The third kappa shape index (κ3) is 2.66. The van der Waals surface area contributed by atoms with Gasteiger partial charge >= 0.3 is 0 Å². The molecule has 2 fully saturated rings. The first kappa shape index (κ1) is 14.8. The monoisotopic (exact) mass is 262 g/mol. The van der Waals surface area contributed by atoms with E-state index in [1.807, 2.05) is 0 Å². The van der Waals surface area contributed by atoms with Crippen molar-refractivity contribution in [2.24, 2.45) is 22.7 Å². The van der Waals surface area contributed by atoms with Gasteiger partial charge in [-0.25, -0.2) is 0 Å². The minimum absolute atomic E-state index is 0.327. The standard InChI is InChI=1S/C18H30O/c1-13-7-10-16-17(3,4)11-6-12-18(16,5)15(13)9-8-14(2)19/h15-16H,1,6-12H2,2-5H3/t15-,16-,18+/m0/s1. The highest BCUT2D eigenvalue weighted by Gasteiger charge is 2.52. The van der Waals surface area contributed by atoms with Gasteiger partial charge in [-0.1, -0.05) is 39.3 Å². The molecule has 3 atom stereocenters. The van der Waals surface area contributed by atoms with Crippen LogP contribution in [0.1, 0.15) is 72.6 Å². The van der Waals surface area contributed by atoms with E-state index in [2.05, 4.69) is 27.4 Å². The summed E-state index contributed by atoms with van der Waals surface area (Å²) in [7, 11) is 0. The van der Waals surface area contributed by atoms with Gasteiger partial charge in [-0.3, -0.25) is 0 Å². The maximum Gasteiger partial charge on any atom is 0.129 e. The van der Waals surface area contributed by atoms with Crippen LogP contribution in [0.15, 0.2) is 12.2 Å². The van der Waals surface area contributed by atoms with E-state index in [0.29, 0.717) is 22.5 Å². The minimum atomic E-state index is 0.327. The number of hydrogen-bond acceptors (Lipinski definition) is 1. The minimum Gasteiger partial charge on any atom is -0.300 e. The first-order valence-electron chi connectivity index (χ1n) is 7.94. The zero-order chi connectivity index (χ0) is 14.3. The van der Waals surface area contributed by atoms with Crippen LogP contribution in [0.5, 0.6) is 0 Å². The lowest BCUT2D eigenvalue weighted by atomic mass is 9.47.